The lowest BCUT2D eigenvalue weighted by atomic mass is 9.78. The van der Waals surface area contributed by atoms with Crippen molar-refractivity contribution in [2.24, 2.45) is 5.92 Å². The smallest absolute Gasteiger partial charge is 0.286 e. The Morgan fingerprint density at radius 3 is 2.61 bits per heavy atom. The molecule has 0 saturated heterocycles. The molecule has 1 aliphatic heterocycles. The van der Waals surface area contributed by atoms with Gasteiger partial charge in [0, 0.05) is 38.7 Å². The van der Waals surface area contributed by atoms with Gasteiger partial charge in [-0.3, -0.25) is 4.79 Å². The quantitative estimate of drug-likeness (QED) is 0.294. The number of ether oxygens (including phenoxy) is 5. The first-order valence-electron chi connectivity index (χ1n) is 13.4. The van der Waals surface area contributed by atoms with Crippen LogP contribution in [0.3, 0.4) is 0 Å². The summed E-state index contributed by atoms with van der Waals surface area (Å²) < 4.78 is 28.4. The fraction of sp³-hybridized carbons (Fsp3) is 0.500. The summed E-state index contributed by atoms with van der Waals surface area (Å²) in [6.07, 6.45) is 2.89. The lowest BCUT2D eigenvalue weighted by molar-refractivity contribution is -0.168. The largest absolute Gasteiger partial charge is 0.459 e. The maximum atomic E-state index is 13.0. The van der Waals surface area contributed by atoms with Crippen LogP contribution < -0.4 is 5.32 Å². The summed E-state index contributed by atoms with van der Waals surface area (Å²) in [5.74, 6) is -0.156. The van der Waals surface area contributed by atoms with E-state index in [1.807, 2.05) is 13.0 Å². The van der Waals surface area contributed by atoms with Crippen molar-refractivity contribution in [2.45, 2.75) is 32.0 Å². The van der Waals surface area contributed by atoms with Crippen LogP contribution >= 0.6 is 0 Å². The number of amides is 1. The van der Waals surface area contributed by atoms with Crippen LogP contribution in [0.1, 0.15) is 36.0 Å². The third kappa shape index (κ3) is 6.81. The fourth-order valence-electron chi connectivity index (χ4n) is 5.25. The molecule has 2 aromatic carbocycles. The van der Waals surface area contributed by atoms with E-state index in [9.17, 15) is 4.79 Å². The average molecular weight is 526 g/mol. The molecule has 1 heterocycles. The molecule has 38 heavy (non-hydrogen) atoms. The zero-order valence-electron chi connectivity index (χ0n) is 22.3. The summed E-state index contributed by atoms with van der Waals surface area (Å²) >= 11 is 0. The molecule has 1 aliphatic carbocycles. The molecule has 2 aliphatic rings. The second-order valence-electron chi connectivity index (χ2n) is 9.36. The molecule has 0 bridgehead atoms. The molecule has 0 fully saturated rings. The Balaban J connectivity index is 1.62. The fourth-order valence-corrected chi connectivity index (χ4v) is 5.25. The Hall–Kier alpha value is -2.75. The molecule has 1 amide bonds. The molecular weight excluding hydrogens is 486 g/mol. The Morgan fingerprint density at radius 2 is 1.82 bits per heavy atom. The van der Waals surface area contributed by atoms with Crippen molar-refractivity contribution in [1.29, 1.82) is 0 Å². The number of hydrogen-bond donors (Lipinski definition) is 2. The molecule has 2 N–H and O–H groups in total. The van der Waals surface area contributed by atoms with E-state index < -0.39 is 6.29 Å². The third-order valence-electron chi connectivity index (χ3n) is 6.98. The van der Waals surface area contributed by atoms with Crippen molar-refractivity contribution in [2.75, 3.05) is 59.9 Å². The maximum Gasteiger partial charge on any atom is 0.286 e. The highest BCUT2D eigenvalue weighted by Gasteiger charge is 2.39. The summed E-state index contributed by atoms with van der Waals surface area (Å²) in [6, 6.07) is 14.9. The summed E-state index contributed by atoms with van der Waals surface area (Å²) in [5.41, 5.74) is 6.29. The highest BCUT2D eigenvalue weighted by atomic mass is 16.7. The van der Waals surface area contributed by atoms with Gasteiger partial charge in [0.2, 0.25) is 6.29 Å². The van der Waals surface area contributed by atoms with Crippen LogP contribution in [0, 0.1) is 5.92 Å². The van der Waals surface area contributed by atoms with Crippen LogP contribution in [0.2, 0.25) is 0 Å². The molecule has 206 valence electrons. The Kier molecular flexibility index (Phi) is 10.7. The Bertz CT molecular complexity index is 1090. The molecule has 8 heteroatoms. The van der Waals surface area contributed by atoms with Crippen LogP contribution in [0.25, 0.3) is 11.1 Å². The first-order chi connectivity index (χ1) is 18.7. The summed E-state index contributed by atoms with van der Waals surface area (Å²) in [7, 11) is 1.60. The third-order valence-corrected chi connectivity index (χ3v) is 6.98. The zero-order valence-corrected chi connectivity index (χ0v) is 22.3. The number of carbonyl (C=O) groups excluding carboxylic acids is 1. The maximum absolute atomic E-state index is 13.0. The predicted molar refractivity (Wildman–Crippen MR) is 144 cm³/mol. The second kappa shape index (κ2) is 14.4. The summed E-state index contributed by atoms with van der Waals surface area (Å²) in [4.78, 5) is 13.0. The van der Waals surface area contributed by atoms with Gasteiger partial charge in [0.15, 0.2) is 5.76 Å². The van der Waals surface area contributed by atoms with Gasteiger partial charge in [-0.1, -0.05) is 42.5 Å². The van der Waals surface area contributed by atoms with Crippen molar-refractivity contribution in [3.63, 3.8) is 0 Å². The number of aliphatic hydroxyl groups excluding tert-OH is 1. The molecule has 0 spiro atoms. The van der Waals surface area contributed by atoms with E-state index in [1.54, 1.807) is 7.11 Å². The van der Waals surface area contributed by atoms with Crippen molar-refractivity contribution in [3.8, 4) is 11.1 Å². The Labute approximate surface area is 224 Å². The lowest BCUT2D eigenvalue weighted by Gasteiger charge is -2.37. The van der Waals surface area contributed by atoms with Gasteiger partial charge in [-0.15, -0.1) is 0 Å². The number of rotatable bonds is 15. The van der Waals surface area contributed by atoms with Gasteiger partial charge < -0.3 is 34.1 Å². The van der Waals surface area contributed by atoms with Crippen LogP contribution in [0.4, 0.5) is 0 Å². The van der Waals surface area contributed by atoms with E-state index in [0.717, 1.165) is 6.42 Å². The molecule has 3 atom stereocenters. The van der Waals surface area contributed by atoms with E-state index in [2.05, 4.69) is 47.8 Å². The van der Waals surface area contributed by atoms with Crippen molar-refractivity contribution in [1.82, 2.24) is 5.32 Å². The first-order valence-corrected chi connectivity index (χ1v) is 13.4. The van der Waals surface area contributed by atoms with Crippen molar-refractivity contribution in [3.05, 3.63) is 71.0 Å². The van der Waals surface area contributed by atoms with E-state index in [1.165, 1.54) is 27.8 Å². The number of methoxy groups -OCH3 is 1. The van der Waals surface area contributed by atoms with E-state index in [-0.39, 0.29) is 30.1 Å². The second-order valence-corrected chi connectivity index (χ2v) is 9.36. The topological polar surface area (TPSA) is 95.5 Å². The van der Waals surface area contributed by atoms with Crippen LogP contribution in [0.5, 0.6) is 0 Å². The number of carbonyl (C=O) groups is 1. The van der Waals surface area contributed by atoms with E-state index in [0.29, 0.717) is 52.6 Å². The Morgan fingerprint density at radius 1 is 1.03 bits per heavy atom. The minimum Gasteiger partial charge on any atom is -0.459 e. The summed E-state index contributed by atoms with van der Waals surface area (Å²) in [5, 5.41) is 11.7. The van der Waals surface area contributed by atoms with Gasteiger partial charge in [0.05, 0.1) is 33.0 Å². The number of benzene rings is 2. The van der Waals surface area contributed by atoms with Crippen molar-refractivity contribution < 1.29 is 33.6 Å². The van der Waals surface area contributed by atoms with Gasteiger partial charge in [-0.05, 0) is 53.7 Å². The van der Waals surface area contributed by atoms with Gasteiger partial charge in [-0.2, -0.15) is 0 Å². The zero-order chi connectivity index (χ0) is 26.7. The number of nitrogens with one attached hydrogen (secondary N) is 1. The highest BCUT2D eigenvalue weighted by molar-refractivity contribution is 5.91. The molecule has 0 unspecified atom stereocenters. The minimum absolute atomic E-state index is 0.00386. The van der Waals surface area contributed by atoms with Crippen LogP contribution in [-0.4, -0.2) is 77.2 Å². The number of hydrogen-bond acceptors (Lipinski definition) is 7. The van der Waals surface area contributed by atoms with Gasteiger partial charge in [0.1, 0.15) is 0 Å². The van der Waals surface area contributed by atoms with Gasteiger partial charge in [-0.25, -0.2) is 0 Å². The number of aliphatic hydroxyl groups is 1. The minimum atomic E-state index is -0.591. The molecule has 4 rings (SSSR count). The molecule has 8 nitrogen and oxygen atoms in total. The monoisotopic (exact) mass is 525 g/mol. The lowest BCUT2D eigenvalue weighted by Crippen LogP contribution is -2.40. The van der Waals surface area contributed by atoms with Gasteiger partial charge >= 0.3 is 0 Å². The predicted octanol–water partition coefficient (Wildman–Crippen LogP) is 3.41. The van der Waals surface area contributed by atoms with E-state index in [4.69, 9.17) is 28.8 Å². The molecular formula is C30H39NO7. The molecule has 2 aromatic rings. The highest BCUT2D eigenvalue weighted by Crippen LogP contribution is 2.45. The summed E-state index contributed by atoms with van der Waals surface area (Å²) in [6.45, 7) is 4.86. The molecule has 0 radical (unpaired) electrons. The number of allylic oxidation sites excluding steroid dienone is 1. The number of fused-ring (bicyclic) bond motifs is 3. The van der Waals surface area contributed by atoms with E-state index >= 15 is 0 Å². The van der Waals surface area contributed by atoms with Gasteiger partial charge in [0.25, 0.3) is 5.91 Å². The van der Waals surface area contributed by atoms with Crippen LogP contribution in [-0.2, 0) is 34.9 Å². The average Bonchev–Trinajstić information content (AvgIpc) is 3.32. The standard InChI is InChI=1S/C30H39NO7/c1-3-37-30-25(11-14-35-17-18-36-16-13-32)27(20-28(38-30)29(33)31-12-15-34-2)24-10-6-9-23-22-8-5-4-7-21(22)19-26(23)24/h4-10,20,25,27,30,32H,3,11-19H2,1-2H3,(H,31,33)/t25-,27+,30+/m0/s1. The SMILES string of the molecule is CCO[C@@H]1OC(C(=O)NCCOC)=C[C@H](c2cccc3c2Cc2ccccc2-3)[C@@H]1CCOCCOCCO. The normalized spacial score (nSPS) is 19.9. The molecule has 0 saturated carbocycles. The van der Waals surface area contributed by atoms with Crippen molar-refractivity contribution >= 4 is 5.91 Å². The van der Waals surface area contributed by atoms with Crippen LogP contribution in [0.15, 0.2) is 54.3 Å². The molecule has 0 aromatic heterocycles. The first kappa shape index (κ1) is 28.3.